The van der Waals surface area contributed by atoms with Gasteiger partial charge in [-0.05, 0) is 32.8 Å². The lowest BCUT2D eigenvalue weighted by molar-refractivity contribution is -0.149. The Bertz CT molecular complexity index is 641. The van der Waals surface area contributed by atoms with E-state index in [1.54, 1.807) is 4.90 Å². The second kappa shape index (κ2) is 6.67. The minimum absolute atomic E-state index is 0.141. The highest BCUT2D eigenvalue weighted by atomic mass is 16.6. The summed E-state index contributed by atoms with van der Waals surface area (Å²) < 4.78 is 10.5. The van der Waals surface area contributed by atoms with Crippen molar-refractivity contribution in [2.75, 3.05) is 13.7 Å². The van der Waals surface area contributed by atoms with Crippen LogP contribution in [-0.2, 0) is 20.8 Å². The summed E-state index contributed by atoms with van der Waals surface area (Å²) in [6.07, 6.45) is 0.416. The number of nitrogens with zero attached hydrogens (tertiary/aromatic N) is 2. The lowest BCUT2D eigenvalue weighted by Crippen LogP contribution is -2.58. The van der Waals surface area contributed by atoms with Crippen LogP contribution in [0.3, 0.4) is 0 Å². The molecule has 2 unspecified atom stereocenters. The summed E-state index contributed by atoms with van der Waals surface area (Å²) in [6.45, 7) is 6.79. The molecule has 1 aromatic rings. The molecule has 3 atom stereocenters. The van der Waals surface area contributed by atoms with Gasteiger partial charge < -0.3 is 14.4 Å². The van der Waals surface area contributed by atoms with E-state index in [-0.39, 0.29) is 24.1 Å². The number of likely N-dealkylation sites (tertiary alicyclic amines) is 2. The third-order valence-electron chi connectivity index (χ3n) is 4.79. The number of methoxy groups -OCH3 is 1. The molecule has 3 rings (SSSR count). The summed E-state index contributed by atoms with van der Waals surface area (Å²) >= 11 is 0. The van der Waals surface area contributed by atoms with Crippen molar-refractivity contribution in [1.29, 1.82) is 0 Å². The standard InChI is InChI=1S/C19H26N2O4/c1-19(2,3)25-18(23)21-12-14-10-15(21)16(17(22)24-4)20(14)11-13-8-6-5-7-9-13/h5-9,14-16H,10-12H2,1-4H3/t14?,15-,16?/m0/s1. The molecule has 2 aliphatic rings. The smallest absolute Gasteiger partial charge is 0.410 e. The molecule has 1 amide bonds. The Morgan fingerprint density at radius 2 is 1.88 bits per heavy atom. The summed E-state index contributed by atoms with van der Waals surface area (Å²) in [5.41, 5.74) is 0.594. The van der Waals surface area contributed by atoms with Gasteiger partial charge in [0.2, 0.25) is 0 Å². The Hall–Kier alpha value is -2.08. The minimum Gasteiger partial charge on any atom is -0.468 e. The van der Waals surface area contributed by atoms with Crippen LogP contribution < -0.4 is 0 Å². The van der Waals surface area contributed by atoms with Crippen LogP contribution in [0.4, 0.5) is 4.79 Å². The van der Waals surface area contributed by atoms with Gasteiger partial charge in [-0.15, -0.1) is 0 Å². The zero-order valence-electron chi connectivity index (χ0n) is 15.3. The molecule has 6 heteroatoms. The summed E-state index contributed by atoms with van der Waals surface area (Å²) in [5.74, 6) is -0.295. The molecule has 6 nitrogen and oxygen atoms in total. The molecule has 0 radical (unpaired) electrons. The van der Waals surface area contributed by atoms with Gasteiger partial charge in [0, 0.05) is 19.1 Å². The van der Waals surface area contributed by atoms with Crippen molar-refractivity contribution in [2.45, 2.75) is 57.5 Å². The Balaban J connectivity index is 1.78. The van der Waals surface area contributed by atoms with Crippen molar-refractivity contribution in [3.63, 3.8) is 0 Å². The second-order valence-corrected chi connectivity index (χ2v) is 7.72. The number of benzene rings is 1. The fraction of sp³-hybridized carbons (Fsp3) is 0.579. The number of carbonyl (C=O) groups is 2. The van der Waals surface area contributed by atoms with Crippen LogP contribution in [0.25, 0.3) is 0 Å². The number of amides is 1. The monoisotopic (exact) mass is 346 g/mol. The maximum atomic E-state index is 12.5. The number of esters is 1. The van der Waals surface area contributed by atoms with Crippen molar-refractivity contribution < 1.29 is 19.1 Å². The van der Waals surface area contributed by atoms with Crippen LogP contribution in [-0.4, -0.2) is 59.2 Å². The van der Waals surface area contributed by atoms with Crippen LogP contribution in [0, 0.1) is 0 Å². The summed E-state index contributed by atoms with van der Waals surface area (Å²) in [6, 6.07) is 9.54. The first kappa shape index (κ1) is 17.7. The van der Waals surface area contributed by atoms with E-state index in [1.807, 2.05) is 51.1 Å². The van der Waals surface area contributed by atoms with Crippen LogP contribution in [0.15, 0.2) is 30.3 Å². The molecule has 2 saturated heterocycles. The lowest BCUT2D eigenvalue weighted by Gasteiger charge is -2.39. The number of hydrogen-bond donors (Lipinski definition) is 0. The number of hydrogen-bond acceptors (Lipinski definition) is 5. The van der Waals surface area contributed by atoms with Crippen molar-refractivity contribution >= 4 is 12.1 Å². The largest absolute Gasteiger partial charge is 0.468 e. The fourth-order valence-corrected chi connectivity index (χ4v) is 3.80. The Kier molecular flexibility index (Phi) is 4.73. The Labute approximate surface area is 148 Å². The molecule has 0 N–H and O–H groups in total. The number of ether oxygens (including phenoxy) is 2. The van der Waals surface area contributed by atoms with Crippen LogP contribution in [0.1, 0.15) is 32.8 Å². The molecule has 2 bridgehead atoms. The van der Waals surface area contributed by atoms with E-state index in [0.29, 0.717) is 13.1 Å². The van der Waals surface area contributed by atoms with Gasteiger partial charge in [-0.25, -0.2) is 4.79 Å². The average Bonchev–Trinajstić information content (AvgIpc) is 3.12. The third kappa shape index (κ3) is 3.63. The molecule has 25 heavy (non-hydrogen) atoms. The first-order valence-electron chi connectivity index (χ1n) is 8.67. The average molecular weight is 346 g/mol. The highest BCUT2D eigenvalue weighted by Gasteiger charge is 2.55. The SMILES string of the molecule is COC(=O)C1[C@@H]2CC(CN2C(=O)OC(C)(C)C)N1Cc1ccccc1. The summed E-state index contributed by atoms with van der Waals surface area (Å²) in [5, 5.41) is 0. The molecule has 1 aromatic carbocycles. The molecule has 0 saturated carbocycles. The number of fused-ring (bicyclic) bond motifs is 2. The fourth-order valence-electron chi connectivity index (χ4n) is 3.80. The molecule has 2 aliphatic heterocycles. The van der Waals surface area contributed by atoms with E-state index in [0.717, 1.165) is 12.0 Å². The van der Waals surface area contributed by atoms with Gasteiger partial charge in [0.25, 0.3) is 0 Å². The maximum Gasteiger partial charge on any atom is 0.410 e. The van der Waals surface area contributed by atoms with E-state index in [2.05, 4.69) is 4.90 Å². The summed E-state index contributed by atoms with van der Waals surface area (Å²) in [7, 11) is 1.40. The molecule has 0 aliphatic carbocycles. The van der Waals surface area contributed by atoms with Crippen LogP contribution >= 0.6 is 0 Å². The van der Waals surface area contributed by atoms with Gasteiger partial charge in [-0.2, -0.15) is 0 Å². The zero-order valence-corrected chi connectivity index (χ0v) is 15.3. The highest BCUT2D eigenvalue weighted by Crippen LogP contribution is 2.38. The maximum absolute atomic E-state index is 12.5. The molecular weight excluding hydrogens is 320 g/mol. The lowest BCUT2D eigenvalue weighted by atomic mass is 10.1. The van der Waals surface area contributed by atoms with Gasteiger partial charge in [0.05, 0.1) is 13.2 Å². The molecule has 2 heterocycles. The molecule has 136 valence electrons. The highest BCUT2D eigenvalue weighted by molar-refractivity contribution is 5.80. The van der Waals surface area contributed by atoms with E-state index in [4.69, 9.17) is 9.47 Å². The quantitative estimate of drug-likeness (QED) is 0.787. The summed E-state index contributed by atoms with van der Waals surface area (Å²) in [4.78, 5) is 28.8. The Morgan fingerprint density at radius 1 is 1.20 bits per heavy atom. The predicted octanol–water partition coefficient (Wildman–Crippen LogP) is 2.42. The zero-order chi connectivity index (χ0) is 18.2. The van der Waals surface area contributed by atoms with E-state index < -0.39 is 11.6 Å². The van der Waals surface area contributed by atoms with Crippen LogP contribution in [0.2, 0.25) is 0 Å². The minimum atomic E-state index is -0.552. The van der Waals surface area contributed by atoms with E-state index in [9.17, 15) is 9.59 Å². The van der Waals surface area contributed by atoms with Crippen molar-refractivity contribution in [1.82, 2.24) is 9.80 Å². The van der Waals surface area contributed by atoms with Crippen molar-refractivity contribution in [2.24, 2.45) is 0 Å². The molecule has 0 aromatic heterocycles. The number of rotatable bonds is 3. The van der Waals surface area contributed by atoms with Gasteiger partial charge in [0.1, 0.15) is 11.6 Å². The van der Waals surface area contributed by atoms with Gasteiger partial charge >= 0.3 is 12.1 Å². The van der Waals surface area contributed by atoms with Gasteiger partial charge in [-0.3, -0.25) is 9.69 Å². The molecule has 0 spiro atoms. The second-order valence-electron chi connectivity index (χ2n) is 7.72. The van der Waals surface area contributed by atoms with Crippen molar-refractivity contribution in [3.05, 3.63) is 35.9 Å². The number of carbonyl (C=O) groups excluding carboxylic acids is 2. The van der Waals surface area contributed by atoms with E-state index in [1.165, 1.54) is 7.11 Å². The first-order valence-corrected chi connectivity index (χ1v) is 8.67. The molecule has 2 fully saturated rings. The van der Waals surface area contributed by atoms with Crippen LogP contribution in [0.5, 0.6) is 0 Å². The van der Waals surface area contributed by atoms with Gasteiger partial charge in [0.15, 0.2) is 0 Å². The predicted molar refractivity (Wildman–Crippen MR) is 92.9 cm³/mol. The normalized spacial score (nSPS) is 25.9. The topological polar surface area (TPSA) is 59.1 Å². The molecular formula is C19H26N2O4. The third-order valence-corrected chi connectivity index (χ3v) is 4.79. The Morgan fingerprint density at radius 3 is 2.48 bits per heavy atom. The van der Waals surface area contributed by atoms with Gasteiger partial charge in [-0.1, -0.05) is 30.3 Å². The van der Waals surface area contributed by atoms with E-state index >= 15 is 0 Å². The van der Waals surface area contributed by atoms with Crippen molar-refractivity contribution in [3.8, 4) is 0 Å². The number of piperazine rings is 1. The first-order chi connectivity index (χ1) is 11.8.